The molecule has 0 saturated carbocycles. The van der Waals surface area contributed by atoms with Gasteiger partial charge in [-0.1, -0.05) is 39.0 Å². The van der Waals surface area contributed by atoms with Gasteiger partial charge in [-0.15, -0.1) is 0 Å². The maximum Gasteiger partial charge on any atom is 0.255 e. The summed E-state index contributed by atoms with van der Waals surface area (Å²) in [4.78, 5) is 22.9. The van der Waals surface area contributed by atoms with E-state index in [1.165, 1.54) is 5.56 Å². The number of para-hydroxylation sites is 1. The molecule has 0 aliphatic carbocycles. The van der Waals surface area contributed by atoms with Crippen LogP contribution in [0.5, 0.6) is 0 Å². The molecule has 0 atom stereocenters. The molecule has 150 valence electrons. The van der Waals surface area contributed by atoms with E-state index in [-0.39, 0.29) is 11.3 Å². The number of nitrogens with zero attached hydrogens (tertiary/aromatic N) is 3. The minimum atomic E-state index is -0.0423. The fraction of sp³-hybridized carbons (Fsp3) is 0.292. The molecule has 0 aliphatic rings. The molecule has 1 N–H and O–H groups in total. The van der Waals surface area contributed by atoms with Crippen molar-refractivity contribution in [2.24, 2.45) is 0 Å². The number of hydrogen-bond donors (Lipinski definition) is 1. The van der Waals surface area contributed by atoms with Crippen molar-refractivity contribution in [2.75, 3.05) is 18.9 Å². The second-order valence-corrected chi connectivity index (χ2v) is 8.22. The first-order valence-corrected chi connectivity index (χ1v) is 9.80. The van der Waals surface area contributed by atoms with Gasteiger partial charge < -0.3 is 10.2 Å². The number of carbonyl (C=O) groups excluding carboxylic acids is 1. The van der Waals surface area contributed by atoms with E-state index in [4.69, 9.17) is 0 Å². The van der Waals surface area contributed by atoms with E-state index >= 15 is 0 Å². The molecule has 5 heteroatoms. The highest BCUT2D eigenvalue weighted by molar-refractivity contribution is 5.94. The van der Waals surface area contributed by atoms with Crippen molar-refractivity contribution in [3.63, 3.8) is 0 Å². The molecule has 0 saturated heterocycles. The van der Waals surface area contributed by atoms with Crippen molar-refractivity contribution >= 4 is 17.3 Å². The largest absolute Gasteiger partial charge is 0.354 e. The van der Waals surface area contributed by atoms with Crippen LogP contribution in [0.3, 0.4) is 0 Å². The molecule has 3 aromatic rings. The van der Waals surface area contributed by atoms with E-state index in [1.54, 1.807) is 29.7 Å². The Balaban J connectivity index is 1.72. The van der Waals surface area contributed by atoms with Gasteiger partial charge in [0.05, 0.1) is 17.4 Å². The summed E-state index contributed by atoms with van der Waals surface area (Å²) in [5.41, 5.74) is 4.78. The minimum absolute atomic E-state index is 0.0115. The van der Waals surface area contributed by atoms with Crippen LogP contribution in [-0.4, -0.2) is 34.4 Å². The van der Waals surface area contributed by atoms with Crippen LogP contribution in [-0.2, 0) is 11.8 Å². The highest BCUT2D eigenvalue weighted by atomic mass is 16.2. The predicted octanol–water partition coefficient (Wildman–Crippen LogP) is 4.83. The first-order valence-electron chi connectivity index (χ1n) is 9.80. The standard InChI is InChI=1S/C24H28N4O/c1-24(2,3)21-7-5-6-8-22(21)27-20-15-19(16-26-17-20)23(29)28(4)14-11-18-9-12-25-13-10-18/h5-10,12-13,15-17,27H,11,14H2,1-4H3. The fourth-order valence-electron chi connectivity index (χ4n) is 3.20. The summed E-state index contributed by atoms with van der Waals surface area (Å²) in [6.07, 6.45) is 7.69. The maximum absolute atomic E-state index is 12.8. The Morgan fingerprint density at radius 2 is 1.76 bits per heavy atom. The van der Waals surface area contributed by atoms with Crippen LogP contribution in [0.4, 0.5) is 11.4 Å². The summed E-state index contributed by atoms with van der Waals surface area (Å²) in [5, 5.41) is 3.43. The molecule has 2 heterocycles. The van der Waals surface area contributed by atoms with Gasteiger partial charge in [-0.05, 0) is 47.2 Å². The third-order valence-electron chi connectivity index (χ3n) is 4.83. The molecule has 3 rings (SSSR count). The van der Waals surface area contributed by atoms with Crippen LogP contribution < -0.4 is 5.32 Å². The van der Waals surface area contributed by atoms with Crippen molar-refractivity contribution in [2.45, 2.75) is 32.6 Å². The number of nitrogens with one attached hydrogen (secondary N) is 1. The molecular formula is C24H28N4O. The summed E-state index contributed by atoms with van der Waals surface area (Å²) in [7, 11) is 1.82. The Morgan fingerprint density at radius 1 is 1.03 bits per heavy atom. The smallest absolute Gasteiger partial charge is 0.255 e. The first-order chi connectivity index (χ1) is 13.8. The molecule has 29 heavy (non-hydrogen) atoms. The quantitative estimate of drug-likeness (QED) is 0.657. The maximum atomic E-state index is 12.8. The van der Waals surface area contributed by atoms with Crippen LogP contribution in [0.25, 0.3) is 0 Å². The molecular weight excluding hydrogens is 360 g/mol. The molecule has 0 radical (unpaired) electrons. The van der Waals surface area contributed by atoms with Gasteiger partial charge in [0.15, 0.2) is 0 Å². The van der Waals surface area contributed by atoms with Gasteiger partial charge in [-0.3, -0.25) is 14.8 Å². The van der Waals surface area contributed by atoms with Crippen molar-refractivity contribution in [1.82, 2.24) is 14.9 Å². The summed E-state index contributed by atoms with van der Waals surface area (Å²) in [5.74, 6) is -0.0423. The zero-order valence-electron chi connectivity index (χ0n) is 17.5. The third kappa shape index (κ3) is 5.41. The number of amides is 1. The van der Waals surface area contributed by atoms with Crippen LogP contribution in [0.1, 0.15) is 42.3 Å². The number of aromatic nitrogens is 2. The van der Waals surface area contributed by atoms with E-state index < -0.39 is 0 Å². The average Bonchev–Trinajstić information content (AvgIpc) is 2.72. The van der Waals surface area contributed by atoms with Gasteiger partial charge in [-0.25, -0.2) is 0 Å². The summed E-state index contributed by atoms with van der Waals surface area (Å²) >= 11 is 0. The molecule has 0 spiro atoms. The molecule has 1 aromatic carbocycles. The number of carbonyl (C=O) groups is 1. The van der Waals surface area contributed by atoms with Gasteiger partial charge in [0.2, 0.25) is 0 Å². The van der Waals surface area contributed by atoms with Crippen molar-refractivity contribution in [3.8, 4) is 0 Å². The van der Waals surface area contributed by atoms with Crippen molar-refractivity contribution in [1.29, 1.82) is 0 Å². The summed E-state index contributed by atoms with van der Waals surface area (Å²) in [6, 6.07) is 14.0. The fourth-order valence-corrected chi connectivity index (χ4v) is 3.20. The monoisotopic (exact) mass is 388 g/mol. The zero-order valence-corrected chi connectivity index (χ0v) is 17.5. The predicted molar refractivity (Wildman–Crippen MR) is 118 cm³/mol. The Morgan fingerprint density at radius 3 is 2.48 bits per heavy atom. The second-order valence-electron chi connectivity index (χ2n) is 8.22. The van der Waals surface area contributed by atoms with Crippen LogP contribution >= 0.6 is 0 Å². The lowest BCUT2D eigenvalue weighted by molar-refractivity contribution is 0.0796. The SMILES string of the molecule is CN(CCc1ccncc1)C(=O)c1cncc(Nc2ccccc2C(C)(C)C)c1. The van der Waals surface area contributed by atoms with Crippen LogP contribution in [0.15, 0.2) is 67.3 Å². The molecule has 0 unspecified atom stereocenters. The Bertz CT molecular complexity index is 964. The van der Waals surface area contributed by atoms with Crippen LogP contribution in [0.2, 0.25) is 0 Å². The number of pyridine rings is 2. The van der Waals surface area contributed by atoms with E-state index in [9.17, 15) is 4.79 Å². The number of anilines is 2. The van der Waals surface area contributed by atoms with Gasteiger partial charge in [0.25, 0.3) is 5.91 Å². The van der Waals surface area contributed by atoms with Crippen molar-refractivity contribution in [3.05, 3.63) is 83.9 Å². The molecule has 0 aliphatic heterocycles. The number of hydrogen-bond acceptors (Lipinski definition) is 4. The van der Waals surface area contributed by atoms with E-state index in [0.717, 1.165) is 23.4 Å². The Kier molecular flexibility index (Phi) is 6.27. The molecule has 0 fully saturated rings. The molecule has 2 aromatic heterocycles. The van der Waals surface area contributed by atoms with E-state index in [2.05, 4.69) is 48.2 Å². The van der Waals surface area contributed by atoms with E-state index in [1.807, 2.05) is 37.4 Å². The normalized spacial score (nSPS) is 11.2. The first kappa shape index (κ1) is 20.5. The lowest BCUT2D eigenvalue weighted by Crippen LogP contribution is -2.29. The topological polar surface area (TPSA) is 58.1 Å². The summed E-state index contributed by atoms with van der Waals surface area (Å²) < 4.78 is 0. The number of benzene rings is 1. The van der Waals surface area contributed by atoms with Gasteiger partial charge in [0.1, 0.15) is 0 Å². The molecule has 1 amide bonds. The average molecular weight is 389 g/mol. The Hall–Kier alpha value is -3.21. The third-order valence-corrected chi connectivity index (χ3v) is 4.83. The lowest BCUT2D eigenvalue weighted by Gasteiger charge is -2.23. The summed E-state index contributed by atoms with van der Waals surface area (Å²) in [6.45, 7) is 7.18. The number of likely N-dealkylation sites (N-methyl/N-ethyl adjacent to an activating group) is 1. The zero-order chi connectivity index (χ0) is 20.9. The van der Waals surface area contributed by atoms with Crippen molar-refractivity contribution < 1.29 is 4.79 Å². The highest BCUT2D eigenvalue weighted by Crippen LogP contribution is 2.31. The van der Waals surface area contributed by atoms with Gasteiger partial charge >= 0.3 is 0 Å². The van der Waals surface area contributed by atoms with E-state index in [0.29, 0.717) is 12.1 Å². The highest BCUT2D eigenvalue weighted by Gasteiger charge is 2.18. The molecule has 5 nitrogen and oxygen atoms in total. The second kappa shape index (κ2) is 8.86. The number of rotatable bonds is 6. The Labute approximate surface area is 172 Å². The van der Waals surface area contributed by atoms with Crippen LogP contribution in [0, 0.1) is 0 Å². The molecule has 0 bridgehead atoms. The van der Waals surface area contributed by atoms with Gasteiger partial charge in [-0.2, -0.15) is 0 Å². The minimum Gasteiger partial charge on any atom is -0.354 e. The van der Waals surface area contributed by atoms with Gasteiger partial charge in [0, 0.05) is 37.9 Å². The lowest BCUT2D eigenvalue weighted by atomic mass is 9.86.